The van der Waals surface area contributed by atoms with E-state index < -0.39 is 10.0 Å². The first kappa shape index (κ1) is 22.0. The van der Waals surface area contributed by atoms with E-state index in [-0.39, 0.29) is 16.0 Å². The molecule has 0 unspecified atom stereocenters. The smallest absolute Gasteiger partial charge is 0.273 e. The van der Waals surface area contributed by atoms with Crippen molar-refractivity contribution in [3.63, 3.8) is 0 Å². The van der Waals surface area contributed by atoms with E-state index in [1.165, 1.54) is 11.4 Å². The average Bonchev–Trinajstić information content (AvgIpc) is 3.53. The molecule has 1 N–H and O–H groups in total. The van der Waals surface area contributed by atoms with Gasteiger partial charge >= 0.3 is 0 Å². The van der Waals surface area contributed by atoms with Crippen molar-refractivity contribution in [2.45, 2.75) is 17.1 Å². The van der Waals surface area contributed by atoms with Crippen LogP contribution in [0, 0.1) is 0 Å². The van der Waals surface area contributed by atoms with Crippen molar-refractivity contribution in [3.8, 4) is 0 Å². The number of hydrogen-bond donors (Lipinski definition) is 1. The molecular formula is C23H23N3O4S2. The molecule has 1 aromatic heterocycles. The van der Waals surface area contributed by atoms with Crippen molar-refractivity contribution < 1.29 is 18.0 Å². The van der Waals surface area contributed by atoms with Crippen LogP contribution in [0.5, 0.6) is 0 Å². The zero-order chi connectivity index (χ0) is 22.7. The quantitative estimate of drug-likeness (QED) is 0.590. The minimum atomic E-state index is -3.64. The Morgan fingerprint density at radius 1 is 0.969 bits per heavy atom. The molecule has 0 saturated carbocycles. The van der Waals surface area contributed by atoms with Gasteiger partial charge in [-0.25, -0.2) is 8.42 Å². The van der Waals surface area contributed by atoms with Crippen LogP contribution in [0.1, 0.15) is 33.6 Å². The number of likely N-dealkylation sites (tertiary alicyclic amines) is 1. The van der Waals surface area contributed by atoms with Crippen molar-refractivity contribution in [2.24, 2.45) is 0 Å². The predicted octanol–water partition coefficient (Wildman–Crippen LogP) is 4.06. The molecule has 0 spiro atoms. The molecule has 0 aliphatic carbocycles. The summed E-state index contributed by atoms with van der Waals surface area (Å²) in [6.45, 7) is 1.45. The highest BCUT2D eigenvalue weighted by molar-refractivity contribution is 7.94. The van der Waals surface area contributed by atoms with E-state index >= 15 is 0 Å². The Bertz CT molecular complexity index is 1220. The van der Waals surface area contributed by atoms with Gasteiger partial charge in [0.05, 0.1) is 16.9 Å². The summed E-state index contributed by atoms with van der Waals surface area (Å²) in [4.78, 5) is 27.4. The van der Waals surface area contributed by atoms with Crippen LogP contribution in [0.4, 0.5) is 11.4 Å². The maximum absolute atomic E-state index is 12.8. The standard InChI is InChI=1S/C23H23N3O4S2/c1-25(32(29,30)21-9-6-16-31-21)18-12-10-17(11-13-18)22(27)24-20-8-3-2-7-19(20)23(28)26-14-4-5-15-26/h2-3,6-13,16H,4-5,14-15H2,1H3,(H,24,27). The minimum Gasteiger partial charge on any atom is -0.339 e. The molecule has 1 aliphatic rings. The molecule has 7 nitrogen and oxygen atoms in total. The van der Waals surface area contributed by atoms with E-state index in [1.54, 1.807) is 70.9 Å². The minimum absolute atomic E-state index is 0.0887. The number of anilines is 2. The lowest BCUT2D eigenvalue weighted by Gasteiger charge is -2.19. The summed E-state index contributed by atoms with van der Waals surface area (Å²) >= 11 is 1.15. The Labute approximate surface area is 191 Å². The Hall–Kier alpha value is -3.17. The zero-order valence-electron chi connectivity index (χ0n) is 17.5. The fourth-order valence-electron chi connectivity index (χ4n) is 3.57. The molecule has 0 atom stereocenters. The van der Waals surface area contributed by atoms with Gasteiger partial charge in [0.15, 0.2) is 0 Å². The highest BCUT2D eigenvalue weighted by atomic mass is 32.2. The molecule has 1 fully saturated rings. The van der Waals surface area contributed by atoms with Gasteiger partial charge in [-0.15, -0.1) is 11.3 Å². The fraction of sp³-hybridized carbons (Fsp3) is 0.217. The molecule has 166 valence electrons. The van der Waals surface area contributed by atoms with Gasteiger partial charge in [0.25, 0.3) is 21.8 Å². The van der Waals surface area contributed by atoms with E-state index in [0.29, 0.717) is 22.5 Å². The maximum atomic E-state index is 12.8. The molecule has 2 amide bonds. The van der Waals surface area contributed by atoms with Gasteiger partial charge in [-0.1, -0.05) is 18.2 Å². The second kappa shape index (κ2) is 9.13. The van der Waals surface area contributed by atoms with Crippen molar-refractivity contribution in [1.82, 2.24) is 4.90 Å². The van der Waals surface area contributed by atoms with E-state index in [1.807, 2.05) is 0 Å². The molecule has 4 rings (SSSR count). The van der Waals surface area contributed by atoms with Gasteiger partial charge in [-0.2, -0.15) is 0 Å². The molecule has 2 heterocycles. The molecular weight excluding hydrogens is 446 g/mol. The lowest BCUT2D eigenvalue weighted by molar-refractivity contribution is 0.0794. The Morgan fingerprint density at radius 2 is 1.66 bits per heavy atom. The third-order valence-corrected chi connectivity index (χ3v) is 8.56. The highest BCUT2D eigenvalue weighted by Gasteiger charge is 2.24. The fourth-order valence-corrected chi connectivity index (χ4v) is 5.93. The van der Waals surface area contributed by atoms with Crippen LogP contribution in [0.25, 0.3) is 0 Å². The number of benzene rings is 2. The summed E-state index contributed by atoms with van der Waals surface area (Å²) in [5.74, 6) is -0.462. The first-order chi connectivity index (χ1) is 15.4. The van der Waals surface area contributed by atoms with Crippen LogP contribution in [-0.2, 0) is 10.0 Å². The van der Waals surface area contributed by atoms with Crippen LogP contribution >= 0.6 is 11.3 Å². The molecule has 0 radical (unpaired) electrons. The number of thiophene rings is 1. The summed E-state index contributed by atoms with van der Waals surface area (Å²) in [6, 6.07) is 16.5. The number of nitrogens with one attached hydrogen (secondary N) is 1. The summed E-state index contributed by atoms with van der Waals surface area (Å²) in [7, 11) is -2.17. The molecule has 9 heteroatoms. The number of carbonyl (C=O) groups excluding carboxylic acids is 2. The van der Waals surface area contributed by atoms with Crippen LogP contribution in [0.3, 0.4) is 0 Å². The molecule has 3 aromatic rings. The number of rotatable bonds is 6. The lowest BCUT2D eigenvalue weighted by atomic mass is 10.1. The van der Waals surface area contributed by atoms with Gasteiger partial charge < -0.3 is 10.2 Å². The molecule has 1 aliphatic heterocycles. The lowest BCUT2D eigenvalue weighted by Crippen LogP contribution is -2.28. The van der Waals surface area contributed by atoms with Gasteiger partial charge in [0, 0.05) is 25.7 Å². The molecule has 32 heavy (non-hydrogen) atoms. The largest absolute Gasteiger partial charge is 0.339 e. The summed E-state index contributed by atoms with van der Waals surface area (Å²) < 4.78 is 26.8. The Balaban J connectivity index is 1.50. The van der Waals surface area contributed by atoms with Crippen molar-refractivity contribution in [1.29, 1.82) is 0 Å². The van der Waals surface area contributed by atoms with Crippen molar-refractivity contribution in [3.05, 3.63) is 77.2 Å². The second-order valence-corrected chi connectivity index (χ2v) is 10.6. The number of sulfonamides is 1. The maximum Gasteiger partial charge on any atom is 0.273 e. The Morgan fingerprint density at radius 3 is 2.31 bits per heavy atom. The first-order valence-corrected chi connectivity index (χ1v) is 12.5. The monoisotopic (exact) mass is 469 g/mol. The van der Waals surface area contributed by atoms with Gasteiger partial charge in [-0.3, -0.25) is 13.9 Å². The number of hydrogen-bond acceptors (Lipinski definition) is 5. The van der Waals surface area contributed by atoms with E-state index in [9.17, 15) is 18.0 Å². The molecule has 0 bridgehead atoms. The third-order valence-electron chi connectivity index (χ3n) is 5.40. The number of para-hydroxylation sites is 1. The first-order valence-electron chi connectivity index (χ1n) is 10.2. The average molecular weight is 470 g/mol. The SMILES string of the molecule is CN(c1ccc(C(=O)Nc2ccccc2C(=O)N2CCCC2)cc1)S(=O)(=O)c1cccs1. The highest BCUT2D eigenvalue weighted by Crippen LogP contribution is 2.26. The summed E-state index contributed by atoms with van der Waals surface area (Å²) in [5, 5.41) is 4.52. The summed E-state index contributed by atoms with van der Waals surface area (Å²) in [6.07, 6.45) is 1.98. The topological polar surface area (TPSA) is 86.8 Å². The molecule has 2 aromatic carbocycles. The van der Waals surface area contributed by atoms with Crippen molar-refractivity contribution >= 4 is 44.5 Å². The van der Waals surface area contributed by atoms with Gasteiger partial charge in [0.2, 0.25) is 0 Å². The number of nitrogens with zero attached hydrogens (tertiary/aromatic N) is 2. The number of carbonyl (C=O) groups is 2. The van der Waals surface area contributed by atoms with Crippen molar-refractivity contribution in [2.75, 3.05) is 29.8 Å². The van der Waals surface area contributed by atoms with Gasteiger partial charge in [0.1, 0.15) is 4.21 Å². The van der Waals surface area contributed by atoms with E-state index in [2.05, 4.69) is 5.32 Å². The van der Waals surface area contributed by atoms with Crippen LogP contribution in [-0.4, -0.2) is 45.3 Å². The van der Waals surface area contributed by atoms with Crippen LogP contribution in [0.2, 0.25) is 0 Å². The normalized spacial score (nSPS) is 13.7. The third kappa shape index (κ3) is 4.39. The molecule has 1 saturated heterocycles. The predicted molar refractivity (Wildman–Crippen MR) is 126 cm³/mol. The van der Waals surface area contributed by atoms with Crippen LogP contribution in [0.15, 0.2) is 70.3 Å². The zero-order valence-corrected chi connectivity index (χ0v) is 19.2. The number of amides is 2. The Kier molecular flexibility index (Phi) is 6.29. The van der Waals surface area contributed by atoms with E-state index in [0.717, 1.165) is 37.3 Å². The van der Waals surface area contributed by atoms with Crippen LogP contribution < -0.4 is 9.62 Å². The van der Waals surface area contributed by atoms with E-state index in [4.69, 9.17) is 0 Å². The van der Waals surface area contributed by atoms with Gasteiger partial charge in [-0.05, 0) is 60.7 Å². The summed E-state index contributed by atoms with van der Waals surface area (Å²) in [5.41, 5.74) is 1.72. The second-order valence-electron chi connectivity index (χ2n) is 7.45.